The van der Waals surface area contributed by atoms with Crippen LogP contribution < -0.4 is 5.32 Å². The minimum atomic E-state index is -4.65. The summed E-state index contributed by atoms with van der Waals surface area (Å²) >= 11 is 0. The fraction of sp³-hybridized carbons (Fsp3) is 0.600. The van der Waals surface area contributed by atoms with Crippen molar-refractivity contribution in [3.8, 4) is 0 Å². The van der Waals surface area contributed by atoms with Crippen LogP contribution in [0.25, 0.3) is 0 Å². The monoisotopic (exact) mass is 289 g/mol. The van der Waals surface area contributed by atoms with E-state index in [1.165, 1.54) is 12.5 Å². The molecule has 1 N–H and O–H groups in total. The van der Waals surface area contributed by atoms with Gasteiger partial charge >= 0.3 is 6.18 Å². The van der Waals surface area contributed by atoms with Crippen LogP contribution in [0.15, 0.2) is 18.2 Å². The zero-order valence-corrected chi connectivity index (χ0v) is 11.4. The zero-order valence-electron chi connectivity index (χ0n) is 11.4. The highest BCUT2D eigenvalue weighted by molar-refractivity contribution is 5.30. The first-order valence-electron chi connectivity index (χ1n) is 6.97. The predicted molar refractivity (Wildman–Crippen MR) is 69.8 cm³/mol. The molecule has 0 amide bonds. The van der Waals surface area contributed by atoms with Gasteiger partial charge in [-0.15, -0.1) is 0 Å². The lowest BCUT2D eigenvalue weighted by Gasteiger charge is -2.30. The molecule has 1 aromatic carbocycles. The van der Waals surface area contributed by atoms with Crippen LogP contribution in [0.1, 0.15) is 49.3 Å². The lowest BCUT2D eigenvalue weighted by atomic mass is 9.81. The molecule has 1 nitrogen and oxygen atoms in total. The van der Waals surface area contributed by atoms with Gasteiger partial charge in [0.25, 0.3) is 0 Å². The number of rotatable bonds is 3. The highest BCUT2D eigenvalue weighted by Gasteiger charge is 2.35. The van der Waals surface area contributed by atoms with Crippen LogP contribution in [0.3, 0.4) is 0 Å². The van der Waals surface area contributed by atoms with E-state index in [4.69, 9.17) is 0 Å². The maximum atomic E-state index is 13.3. The smallest absolute Gasteiger partial charge is 0.313 e. The SMILES string of the molecule is CNC(c1ccc(F)c(C(F)(F)F)c1)C1CCCCC1. The van der Waals surface area contributed by atoms with E-state index in [2.05, 4.69) is 5.32 Å². The Morgan fingerprint density at radius 1 is 1.15 bits per heavy atom. The molecule has 1 aliphatic rings. The number of nitrogens with one attached hydrogen (secondary N) is 1. The van der Waals surface area contributed by atoms with Gasteiger partial charge < -0.3 is 5.32 Å². The zero-order chi connectivity index (χ0) is 14.8. The van der Waals surface area contributed by atoms with Crippen LogP contribution in [-0.2, 0) is 6.18 Å². The molecule has 20 heavy (non-hydrogen) atoms. The van der Waals surface area contributed by atoms with E-state index >= 15 is 0 Å². The van der Waals surface area contributed by atoms with Crippen molar-refractivity contribution in [2.75, 3.05) is 7.05 Å². The molecule has 0 radical (unpaired) electrons. The third-order valence-corrected chi connectivity index (χ3v) is 4.09. The molecule has 1 aromatic rings. The minimum Gasteiger partial charge on any atom is -0.313 e. The Labute approximate surface area is 116 Å². The van der Waals surface area contributed by atoms with Crippen molar-refractivity contribution in [3.63, 3.8) is 0 Å². The van der Waals surface area contributed by atoms with Gasteiger partial charge in [-0.1, -0.05) is 25.3 Å². The Bertz CT molecular complexity index is 450. The van der Waals surface area contributed by atoms with E-state index in [-0.39, 0.29) is 6.04 Å². The van der Waals surface area contributed by atoms with Crippen LogP contribution in [0, 0.1) is 11.7 Å². The number of hydrogen-bond acceptors (Lipinski definition) is 1. The minimum absolute atomic E-state index is 0.142. The average molecular weight is 289 g/mol. The quantitative estimate of drug-likeness (QED) is 0.796. The normalized spacial score (nSPS) is 19.1. The number of benzene rings is 1. The third kappa shape index (κ3) is 3.32. The lowest BCUT2D eigenvalue weighted by Crippen LogP contribution is -2.27. The number of halogens is 4. The van der Waals surface area contributed by atoms with Crippen molar-refractivity contribution in [2.24, 2.45) is 5.92 Å². The van der Waals surface area contributed by atoms with Crippen LogP contribution in [0.2, 0.25) is 0 Å². The summed E-state index contributed by atoms with van der Waals surface area (Å²) in [7, 11) is 1.75. The maximum Gasteiger partial charge on any atom is 0.419 e. The van der Waals surface area contributed by atoms with E-state index < -0.39 is 17.6 Å². The summed E-state index contributed by atoms with van der Waals surface area (Å²) in [5, 5.41) is 3.10. The average Bonchev–Trinajstić information content (AvgIpc) is 2.41. The van der Waals surface area contributed by atoms with Crippen LogP contribution >= 0.6 is 0 Å². The Kier molecular flexibility index (Phi) is 4.68. The third-order valence-electron chi connectivity index (χ3n) is 4.09. The van der Waals surface area contributed by atoms with Crippen molar-refractivity contribution >= 4 is 0 Å². The van der Waals surface area contributed by atoms with Gasteiger partial charge in [0, 0.05) is 6.04 Å². The predicted octanol–water partition coefficient (Wildman–Crippen LogP) is 4.69. The van der Waals surface area contributed by atoms with E-state index in [0.29, 0.717) is 11.5 Å². The van der Waals surface area contributed by atoms with Gasteiger partial charge in [-0.25, -0.2) is 4.39 Å². The van der Waals surface area contributed by atoms with Crippen molar-refractivity contribution < 1.29 is 17.6 Å². The standard InChI is InChI=1S/C15H19F4N/c1-20-14(10-5-3-2-4-6-10)11-7-8-13(16)12(9-11)15(17,18)19/h7-10,14,20H,2-6H2,1H3. The Balaban J connectivity index is 2.30. The summed E-state index contributed by atoms with van der Waals surface area (Å²) in [4.78, 5) is 0. The molecule has 0 aromatic heterocycles. The summed E-state index contributed by atoms with van der Waals surface area (Å²) in [5.41, 5.74) is -0.654. The lowest BCUT2D eigenvalue weighted by molar-refractivity contribution is -0.140. The fourth-order valence-corrected chi connectivity index (χ4v) is 3.10. The topological polar surface area (TPSA) is 12.0 Å². The van der Waals surface area contributed by atoms with Crippen LogP contribution in [0.4, 0.5) is 17.6 Å². The Morgan fingerprint density at radius 2 is 1.80 bits per heavy atom. The van der Waals surface area contributed by atoms with Crippen molar-refractivity contribution in [1.29, 1.82) is 0 Å². The molecule has 1 atom stereocenters. The molecule has 0 saturated heterocycles. The van der Waals surface area contributed by atoms with E-state index in [1.807, 2.05) is 0 Å². The highest BCUT2D eigenvalue weighted by atomic mass is 19.4. The molecule has 0 aliphatic heterocycles. The van der Waals surface area contributed by atoms with Gasteiger partial charge in [0.1, 0.15) is 5.82 Å². The fourth-order valence-electron chi connectivity index (χ4n) is 3.10. The molecular weight excluding hydrogens is 270 g/mol. The Hall–Kier alpha value is -1.10. The molecule has 2 rings (SSSR count). The molecule has 1 fully saturated rings. The second kappa shape index (κ2) is 6.12. The first-order valence-corrected chi connectivity index (χ1v) is 6.97. The number of hydrogen-bond donors (Lipinski definition) is 1. The molecule has 0 heterocycles. The Morgan fingerprint density at radius 3 is 2.35 bits per heavy atom. The van der Waals surface area contributed by atoms with Crippen molar-refractivity contribution in [2.45, 2.75) is 44.3 Å². The molecule has 1 aliphatic carbocycles. The molecule has 1 saturated carbocycles. The van der Waals surface area contributed by atoms with Crippen molar-refractivity contribution in [1.82, 2.24) is 5.32 Å². The van der Waals surface area contributed by atoms with Gasteiger partial charge in [-0.3, -0.25) is 0 Å². The first kappa shape index (κ1) is 15.3. The maximum absolute atomic E-state index is 13.3. The summed E-state index contributed by atoms with van der Waals surface area (Å²) in [5.74, 6) is -0.889. The van der Waals surface area contributed by atoms with E-state index in [0.717, 1.165) is 37.8 Å². The van der Waals surface area contributed by atoms with Gasteiger partial charge in [0.05, 0.1) is 5.56 Å². The first-order chi connectivity index (χ1) is 9.43. The summed E-state index contributed by atoms with van der Waals surface area (Å²) in [6.07, 6.45) is 0.760. The van der Waals surface area contributed by atoms with Gasteiger partial charge in [-0.2, -0.15) is 13.2 Å². The summed E-state index contributed by atoms with van der Waals surface area (Å²) in [6, 6.07) is 3.19. The van der Waals surface area contributed by atoms with Gasteiger partial charge in [0.15, 0.2) is 0 Å². The van der Waals surface area contributed by atoms with Crippen LogP contribution in [-0.4, -0.2) is 7.05 Å². The van der Waals surface area contributed by atoms with Gasteiger partial charge in [-0.05, 0) is 43.5 Å². The summed E-state index contributed by atoms with van der Waals surface area (Å²) < 4.78 is 51.7. The summed E-state index contributed by atoms with van der Waals surface area (Å²) in [6.45, 7) is 0. The molecular formula is C15H19F4N. The van der Waals surface area contributed by atoms with Crippen LogP contribution in [0.5, 0.6) is 0 Å². The second-order valence-electron chi connectivity index (χ2n) is 5.40. The van der Waals surface area contributed by atoms with E-state index in [9.17, 15) is 17.6 Å². The molecule has 0 bridgehead atoms. The largest absolute Gasteiger partial charge is 0.419 e. The molecule has 5 heteroatoms. The molecule has 1 unspecified atom stereocenters. The van der Waals surface area contributed by atoms with Crippen molar-refractivity contribution in [3.05, 3.63) is 35.1 Å². The highest BCUT2D eigenvalue weighted by Crippen LogP contribution is 2.37. The van der Waals surface area contributed by atoms with Gasteiger partial charge in [0.2, 0.25) is 0 Å². The molecule has 112 valence electrons. The molecule has 0 spiro atoms. The van der Waals surface area contributed by atoms with E-state index in [1.54, 1.807) is 7.05 Å². The number of alkyl halides is 3. The second-order valence-corrected chi connectivity index (χ2v) is 5.40.